The van der Waals surface area contributed by atoms with Gasteiger partial charge in [0, 0.05) is 50.7 Å². The second-order valence-corrected chi connectivity index (χ2v) is 8.19. The van der Waals surface area contributed by atoms with Crippen LogP contribution in [0, 0.1) is 0 Å². The van der Waals surface area contributed by atoms with Crippen molar-refractivity contribution in [2.24, 2.45) is 0 Å². The van der Waals surface area contributed by atoms with Crippen molar-refractivity contribution in [1.82, 2.24) is 20.1 Å². The zero-order chi connectivity index (χ0) is 18.5. The number of rotatable bonds is 4. The molecule has 1 aromatic rings. The number of amides is 2. The molecule has 3 aliphatic rings. The van der Waals surface area contributed by atoms with Gasteiger partial charge in [-0.15, -0.1) is 0 Å². The van der Waals surface area contributed by atoms with E-state index in [1.54, 1.807) is 12.4 Å². The Balaban J connectivity index is 1.17. The molecule has 1 aromatic heterocycles. The molecule has 2 aliphatic heterocycles. The zero-order valence-electron chi connectivity index (χ0n) is 16.2. The highest BCUT2D eigenvalue weighted by Crippen LogP contribution is 2.24. The van der Waals surface area contributed by atoms with E-state index in [-0.39, 0.29) is 6.03 Å². The smallest absolute Gasteiger partial charge is 0.317 e. The van der Waals surface area contributed by atoms with Crippen molar-refractivity contribution in [3.8, 4) is 5.75 Å². The molecule has 27 heavy (non-hydrogen) atoms. The Labute approximate surface area is 162 Å². The molecular weight excluding hydrogens is 340 g/mol. The van der Waals surface area contributed by atoms with Gasteiger partial charge in [0.1, 0.15) is 11.9 Å². The normalized spacial score (nSPS) is 23.5. The fraction of sp³-hybridized carbons (Fsp3) is 0.714. The van der Waals surface area contributed by atoms with Crippen molar-refractivity contribution in [2.75, 3.05) is 26.2 Å². The number of hydrogen-bond acceptors (Lipinski definition) is 4. The van der Waals surface area contributed by atoms with Crippen LogP contribution in [0.5, 0.6) is 5.75 Å². The summed E-state index contributed by atoms with van der Waals surface area (Å²) in [4.78, 5) is 21.1. The molecule has 0 spiro atoms. The van der Waals surface area contributed by atoms with E-state index >= 15 is 0 Å². The van der Waals surface area contributed by atoms with E-state index in [0.717, 1.165) is 70.5 Å². The van der Waals surface area contributed by atoms with E-state index in [1.165, 1.54) is 12.8 Å². The monoisotopic (exact) mass is 372 g/mol. The highest BCUT2D eigenvalue weighted by Gasteiger charge is 2.31. The fourth-order valence-corrected chi connectivity index (χ4v) is 4.74. The lowest BCUT2D eigenvalue weighted by Crippen LogP contribution is -2.52. The number of hydrogen-bond donors (Lipinski definition) is 1. The van der Waals surface area contributed by atoms with E-state index in [4.69, 9.17) is 4.74 Å². The molecule has 0 unspecified atom stereocenters. The Morgan fingerprint density at radius 1 is 0.963 bits per heavy atom. The van der Waals surface area contributed by atoms with Gasteiger partial charge >= 0.3 is 6.03 Å². The lowest BCUT2D eigenvalue weighted by Gasteiger charge is -2.41. The molecule has 6 nitrogen and oxygen atoms in total. The van der Waals surface area contributed by atoms with Crippen molar-refractivity contribution in [3.63, 3.8) is 0 Å². The topological polar surface area (TPSA) is 57.7 Å². The van der Waals surface area contributed by atoms with Gasteiger partial charge in [0.15, 0.2) is 0 Å². The van der Waals surface area contributed by atoms with Crippen molar-refractivity contribution >= 4 is 6.03 Å². The third-order valence-electron chi connectivity index (χ3n) is 6.38. The Hall–Kier alpha value is -1.82. The number of nitrogens with zero attached hydrogens (tertiary/aromatic N) is 3. The highest BCUT2D eigenvalue weighted by atomic mass is 16.5. The Morgan fingerprint density at radius 2 is 1.63 bits per heavy atom. The summed E-state index contributed by atoms with van der Waals surface area (Å²) in [5.74, 6) is 0.921. The molecule has 2 amide bonds. The molecular formula is C21H32N4O2. The average Bonchev–Trinajstić information content (AvgIpc) is 3.22. The molecule has 0 bridgehead atoms. The molecule has 1 N–H and O–H groups in total. The third-order valence-corrected chi connectivity index (χ3v) is 6.38. The second-order valence-electron chi connectivity index (χ2n) is 8.19. The van der Waals surface area contributed by atoms with Crippen LogP contribution in [-0.4, -0.2) is 65.2 Å². The molecule has 1 aliphatic carbocycles. The van der Waals surface area contributed by atoms with Gasteiger partial charge in [-0.1, -0.05) is 12.8 Å². The van der Waals surface area contributed by atoms with Crippen molar-refractivity contribution in [1.29, 1.82) is 0 Å². The van der Waals surface area contributed by atoms with Crippen LogP contribution in [0.25, 0.3) is 0 Å². The summed E-state index contributed by atoms with van der Waals surface area (Å²) in [6, 6.07) is 5.04. The predicted octanol–water partition coefficient (Wildman–Crippen LogP) is 3.04. The maximum Gasteiger partial charge on any atom is 0.317 e. The zero-order valence-corrected chi connectivity index (χ0v) is 16.2. The number of carbonyl (C=O) groups excluding carboxylic acids is 1. The number of urea groups is 1. The lowest BCUT2D eigenvalue weighted by molar-refractivity contribution is 0.0533. The minimum absolute atomic E-state index is 0.157. The van der Waals surface area contributed by atoms with E-state index in [2.05, 4.69) is 15.2 Å². The van der Waals surface area contributed by atoms with Gasteiger partial charge in [-0.2, -0.15) is 0 Å². The van der Waals surface area contributed by atoms with Crippen LogP contribution >= 0.6 is 0 Å². The molecule has 2 saturated heterocycles. The Bertz CT molecular complexity index is 589. The number of aromatic nitrogens is 1. The lowest BCUT2D eigenvalue weighted by atomic mass is 9.99. The summed E-state index contributed by atoms with van der Waals surface area (Å²) in [5.41, 5.74) is 0. The maximum atomic E-state index is 12.4. The van der Waals surface area contributed by atoms with Gasteiger partial charge in [-0.05, 0) is 50.7 Å². The van der Waals surface area contributed by atoms with Gasteiger partial charge in [0.05, 0.1) is 0 Å². The molecule has 148 valence electrons. The summed E-state index contributed by atoms with van der Waals surface area (Å²) in [6.45, 7) is 3.96. The van der Waals surface area contributed by atoms with Crippen LogP contribution in [-0.2, 0) is 0 Å². The molecule has 3 heterocycles. The molecule has 4 rings (SSSR count). The van der Waals surface area contributed by atoms with Gasteiger partial charge < -0.3 is 15.0 Å². The number of nitrogens with one attached hydrogen (secondary N) is 1. The Morgan fingerprint density at radius 3 is 2.30 bits per heavy atom. The standard InChI is InChI=1S/C21H32N4O2/c26-21(23-17-3-1-2-4-17)25-13-7-18(8-14-25)24-15-9-20(10-16-24)27-19-5-11-22-12-6-19/h5-6,11-12,17-18,20H,1-4,7-10,13-16H2,(H,23,26). The van der Waals surface area contributed by atoms with Gasteiger partial charge in [-0.25, -0.2) is 4.79 Å². The number of likely N-dealkylation sites (tertiary alicyclic amines) is 2. The largest absolute Gasteiger partial charge is 0.490 e. The van der Waals surface area contributed by atoms with E-state index in [0.29, 0.717) is 18.2 Å². The molecule has 0 radical (unpaired) electrons. The van der Waals surface area contributed by atoms with Crippen molar-refractivity contribution in [2.45, 2.75) is 69.6 Å². The summed E-state index contributed by atoms with van der Waals surface area (Å²) < 4.78 is 6.07. The van der Waals surface area contributed by atoms with Crippen molar-refractivity contribution < 1.29 is 9.53 Å². The van der Waals surface area contributed by atoms with Gasteiger partial charge in [0.2, 0.25) is 0 Å². The van der Waals surface area contributed by atoms with Crippen molar-refractivity contribution in [3.05, 3.63) is 24.5 Å². The Kier molecular flexibility index (Phi) is 6.12. The number of ether oxygens (including phenoxy) is 1. The first-order valence-electron chi connectivity index (χ1n) is 10.6. The van der Waals surface area contributed by atoms with Gasteiger partial charge in [0.25, 0.3) is 0 Å². The van der Waals surface area contributed by atoms with Crippen LogP contribution in [0.15, 0.2) is 24.5 Å². The van der Waals surface area contributed by atoms with Crippen LogP contribution in [0.2, 0.25) is 0 Å². The minimum atomic E-state index is 0.157. The summed E-state index contributed by atoms with van der Waals surface area (Å²) in [7, 11) is 0. The summed E-state index contributed by atoms with van der Waals surface area (Å²) in [6.07, 6.45) is 13.0. The molecule has 0 aromatic carbocycles. The van der Waals surface area contributed by atoms with E-state index in [1.807, 2.05) is 17.0 Å². The molecule has 0 atom stereocenters. The maximum absolute atomic E-state index is 12.4. The second kappa shape index (κ2) is 8.91. The predicted molar refractivity (Wildman–Crippen MR) is 105 cm³/mol. The average molecular weight is 373 g/mol. The number of carbonyl (C=O) groups is 1. The fourth-order valence-electron chi connectivity index (χ4n) is 4.74. The first kappa shape index (κ1) is 18.5. The van der Waals surface area contributed by atoms with Crippen LogP contribution < -0.4 is 10.1 Å². The van der Waals surface area contributed by atoms with Crippen LogP contribution in [0.4, 0.5) is 4.79 Å². The number of piperidine rings is 2. The van der Waals surface area contributed by atoms with Crippen LogP contribution in [0.3, 0.4) is 0 Å². The first-order valence-corrected chi connectivity index (χ1v) is 10.6. The summed E-state index contributed by atoms with van der Waals surface area (Å²) in [5, 5.41) is 3.22. The molecule has 6 heteroatoms. The third kappa shape index (κ3) is 4.92. The minimum Gasteiger partial charge on any atom is -0.490 e. The molecule has 1 saturated carbocycles. The molecule has 3 fully saturated rings. The summed E-state index contributed by atoms with van der Waals surface area (Å²) >= 11 is 0. The van der Waals surface area contributed by atoms with E-state index < -0.39 is 0 Å². The van der Waals surface area contributed by atoms with Gasteiger partial charge in [-0.3, -0.25) is 9.88 Å². The first-order chi connectivity index (χ1) is 13.3. The van der Waals surface area contributed by atoms with E-state index in [9.17, 15) is 4.79 Å². The number of pyridine rings is 1. The SMILES string of the molecule is O=C(NC1CCCC1)N1CCC(N2CCC(Oc3ccncc3)CC2)CC1. The highest BCUT2D eigenvalue weighted by molar-refractivity contribution is 5.74. The quantitative estimate of drug-likeness (QED) is 0.883. The van der Waals surface area contributed by atoms with Crippen LogP contribution in [0.1, 0.15) is 51.4 Å².